The van der Waals surface area contributed by atoms with Gasteiger partial charge in [0.1, 0.15) is 5.75 Å². The molecule has 0 saturated heterocycles. The molecule has 1 aromatic heterocycles. The number of pyridine rings is 1. The number of aryl methyl sites for hydroxylation is 1. The van der Waals surface area contributed by atoms with E-state index < -0.39 is 0 Å². The highest BCUT2D eigenvalue weighted by Crippen LogP contribution is 2.30. The fourth-order valence-electron chi connectivity index (χ4n) is 1.98. The summed E-state index contributed by atoms with van der Waals surface area (Å²) in [4.78, 5) is 4.46. The molecule has 1 heterocycles. The summed E-state index contributed by atoms with van der Waals surface area (Å²) in [5.74, 6) is 1.10. The number of hydrogen-bond donors (Lipinski definition) is 1. The minimum Gasteiger partial charge on any atom is -0.437 e. The molecule has 110 valence electrons. The van der Waals surface area contributed by atoms with E-state index in [4.69, 9.17) is 27.9 Å². The Bertz CT molecular complexity index is 657. The second kappa shape index (κ2) is 6.22. The number of aromatic nitrogens is 1. The van der Waals surface area contributed by atoms with Gasteiger partial charge in [0.15, 0.2) is 0 Å². The van der Waals surface area contributed by atoms with Gasteiger partial charge < -0.3 is 10.1 Å². The Morgan fingerprint density at radius 3 is 2.71 bits per heavy atom. The van der Waals surface area contributed by atoms with Crippen LogP contribution in [0.5, 0.6) is 11.6 Å². The average molecular weight is 323 g/mol. The first-order valence-electron chi connectivity index (χ1n) is 6.94. The van der Waals surface area contributed by atoms with Crippen molar-refractivity contribution in [3.63, 3.8) is 0 Å². The van der Waals surface area contributed by atoms with Crippen LogP contribution in [0.3, 0.4) is 0 Å². The molecule has 0 radical (unpaired) electrons. The molecule has 3 nitrogen and oxygen atoms in total. The number of ether oxygens (including phenoxy) is 1. The number of nitrogens with one attached hydrogen (secondary N) is 1. The lowest BCUT2D eigenvalue weighted by atomic mass is 10.2. The molecule has 1 fully saturated rings. The maximum atomic E-state index is 6.18. The molecule has 1 aliphatic carbocycles. The molecule has 0 amide bonds. The van der Waals surface area contributed by atoms with Crippen LogP contribution in [-0.4, -0.2) is 11.0 Å². The summed E-state index contributed by atoms with van der Waals surface area (Å²) >= 11 is 12.3. The Morgan fingerprint density at radius 2 is 1.95 bits per heavy atom. The van der Waals surface area contributed by atoms with E-state index >= 15 is 0 Å². The van der Waals surface area contributed by atoms with Gasteiger partial charge in [-0.25, -0.2) is 4.98 Å². The van der Waals surface area contributed by atoms with Crippen LogP contribution < -0.4 is 10.1 Å². The molecular formula is C16H16Cl2N2O. The van der Waals surface area contributed by atoms with Crippen molar-refractivity contribution < 1.29 is 4.74 Å². The molecule has 0 spiro atoms. The fourth-order valence-corrected chi connectivity index (χ4v) is 2.30. The van der Waals surface area contributed by atoms with E-state index in [1.807, 2.05) is 25.1 Å². The zero-order chi connectivity index (χ0) is 14.8. The Morgan fingerprint density at radius 1 is 1.19 bits per heavy atom. The molecule has 2 aromatic rings. The van der Waals surface area contributed by atoms with Crippen LogP contribution in [0, 0.1) is 6.92 Å². The fraction of sp³-hybridized carbons (Fsp3) is 0.312. The van der Waals surface area contributed by atoms with Crippen LogP contribution in [0.4, 0.5) is 0 Å². The molecule has 0 aliphatic heterocycles. The summed E-state index contributed by atoms with van der Waals surface area (Å²) in [6.45, 7) is 2.64. The van der Waals surface area contributed by atoms with Gasteiger partial charge in [-0.2, -0.15) is 0 Å². The van der Waals surface area contributed by atoms with Crippen molar-refractivity contribution in [3.8, 4) is 11.6 Å². The first-order chi connectivity index (χ1) is 10.1. The smallest absolute Gasteiger partial charge is 0.219 e. The zero-order valence-electron chi connectivity index (χ0n) is 11.7. The van der Waals surface area contributed by atoms with Gasteiger partial charge in [0.2, 0.25) is 5.88 Å². The third-order valence-electron chi connectivity index (χ3n) is 3.33. The summed E-state index contributed by atoms with van der Waals surface area (Å²) in [5.41, 5.74) is 1.88. The molecular weight excluding hydrogens is 307 g/mol. The van der Waals surface area contributed by atoms with E-state index in [-0.39, 0.29) is 0 Å². The van der Waals surface area contributed by atoms with Crippen molar-refractivity contribution in [2.75, 3.05) is 0 Å². The van der Waals surface area contributed by atoms with Crippen LogP contribution in [0.1, 0.15) is 24.1 Å². The van der Waals surface area contributed by atoms with E-state index in [9.17, 15) is 0 Å². The lowest BCUT2D eigenvalue weighted by Crippen LogP contribution is -2.16. The highest BCUT2D eigenvalue weighted by Gasteiger charge is 2.20. The largest absolute Gasteiger partial charge is 0.437 e. The van der Waals surface area contributed by atoms with Crippen LogP contribution in [0.15, 0.2) is 30.3 Å². The van der Waals surface area contributed by atoms with Crippen molar-refractivity contribution in [2.45, 2.75) is 32.4 Å². The highest BCUT2D eigenvalue weighted by atomic mass is 35.5. The van der Waals surface area contributed by atoms with E-state index in [2.05, 4.69) is 10.3 Å². The second-order valence-electron chi connectivity index (χ2n) is 5.27. The van der Waals surface area contributed by atoms with Crippen molar-refractivity contribution in [3.05, 3.63) is 51.6 Å². The van der Waals surface area contributed by atoms with Gasteiger partial charge in [-0.3, -0.25) is 0 Å². The van der Waals surface area contributed by atoms with Crippen molar-refractivity contribution in [2.24, 2.45) is 0 Å². The summed E-state index contributed by atoms with van der Waals surface area (Å²) in [6, 6.07) is 9.81. The number of halogens is 2. The summed E-state index contributed by atoms with van der Waals surface area (Å²) in [7, 11) is 0. The lowest BCUT2D eigenvalue weighted by molar-refractivity contribution is 0.459. The number of nitrogens with zero attached hydrogens (tertiary/aromatic N) is 1. The molecule has 1 aliphatic rings. The predicted octanol–water partition coefficient (Wildman–Crippen LogP) is 4.74. The monoisotopic (exact) mass is 322 g/mol. The molecule has 0 atom stereocenters. The minimum atomic E-state index is 0.500. The number of benzene rings is 1. The summed E-state index contributed by atoms with van der Waals surface area (Å²) in [6.07, 6.45) is 2.46. The molecule has 0 unspecified atom stereocenters. The third-order valence-corrected chi connectivity index (χ3v) is 3.99. The van der Waals surface area contributed by atoms with Crippen LogP contribution in [0.2, 0.25) is 10.0 Å². The Labute approximate surface area is 134 Å². The highest BCUT2D eigenvalue weighted by molar-refractivity contribution is 6.32. The SMILES string of the molecule is Cc1ccc(Cl)c(Oc2ccc(Cl)c(CNC3CC3)n2)c1. The summed E-state index contributed by atoms with van der Waals surface area (Å²) < 4.78 is 5.78. The Balaban J connectivity index is 1.78. The summed E-state index contributed by atoms with van der Waals surface area (Å²) in [5, 5.41) is 4.61. The van der Waals surface area contributed by atoms with Crippen molar-refractivity contribution in [1.82, 2.24) is 10.3 Å². The normalized spacial score (nSPS) is 14.2. The number of rotatable bonds is 5. The topological polar surface area (TPSA) is 34.1 Å². The first-order valence-corrected chi connectivity index (χ1v) is 7.70. The molecule has 0 bridgehead atoms. The standard InChI is InChI=1S/C16H16Cl2N2O/c1-10-2-5-13(18)15(8-10)21-16-7-6-12(17)14(20-16)9-19-11-3-4-11/h2,5-8,11,19H,3-4,9H2,1H3. The molecule has 21 heavy (non-hydrogen) atoms. The van der Waals surface area contributed by atoms with Gasteiger partial charge >= 0.3 is 0 Å². The lowest BCUT2D eigenvalue weighted by Gasteiger charge is -2.10. The molecule has 1 saturated carbocycles. The molecule has 1 N–H and O–H groups in total. The molecule has 3 rings (SSSR count). The van der Waals surface area contributed by atoms with Gasteiger partial charge in [-0.05, 0) is 43.5 Å². The van der Waals surface area contributed by atoms with Gasteiger partial charge in [0.05, 0.1) is 15.7 Å². The Kier molecular flexibility index (Phi) is 4.34. The maximum Gasteiger partial charge on any atom is 0.219 e. The van der Waals surface area contributed by atoms with Crippen LogP contribution in [-0.2, 0) is 6.54 Å². The van der Waals surface area contributed by atoms with Gasteiger partial charge in [-0.1, -0.05) is 29.3 Å². The van der Waals surface area contributed by atoms with Gasteiger partial charge in [0, 0.05) is 18.7 Å². The van der Waals surface area contributed by atoms with Crippen molar-refractivity contribution >= 4 is 23.2 Å². The van der Waals surface area contributed by atoms with Gasteiger partial charge in [0.25, 0.3) is 0 Å². The maximum absolute atomic E-state index is 6.18. The van der Waals surface area contributed by atoms with E-state index in [1.165, 1.54) is 12.8 Å². The first kappa shape index (κ1) is 14.6. The second-order valence-corrected chi connectivity index (χ2v) is 6.08. The quantitative estimate of drug-likeness (QED) is 0.863. The van der Waals surface area contributed by atoms with Gasteiger partial charge in [-0.15, -0.1) is 0 Å². The van der Waals surface area contributed by atoms with Crippen LogP contribution >= 0.6 is 23.2 Å². The van der Waals surface area contributed by atoms with E-state index in [0.29, 0.717) is 34.3 Å². The average Bonchev–Trinajstić information content (AvgIpc) is 3.27. The molecule has 5 heteroatoms. The Hall–Kier alpha value is -1.29. The predicted molar refractivity (Wildman–Crippen MR) is 85.4 cm³/mol. The number of hydrogen-bond acceptors (Lipinski definition) is 3. The van der Waals surface area contributed by atoms with E-state index in [0.717, 1.165) is 11.3 Å². The molecule has 1 aromatic carbocycles. The zero-order valence-corrected chi connectivity index (χ0v) is 13.2. The van der Waals surface area contributed by atoms with Crippen molar-refractivity contribution in [1.29, 1.82) is 0 Å². The minimum absolute atomic E-state index is 0.500. The third kappa shape index (κ3) is 3.88. The van der Waals surface area contributed by atoms with Crippen LogP contribution in [0.25, 0.3) is 0 Å². The van der Waals surface area contributed by atoms with E-state index in [1.54, 1.807) is 12.1 Å².